The molecular weight excluding hydrogens is 425 g/mol. The maximum atomic E-state index is 13.1. The van der Waals surface area contributed by atoms with Crippen LogP contribution in [0.15, 0.2) is 30.6 Å². The SMILES string of the molecule is COCC1Nc2c(cnc3[nH]cc(C(=O)c4ccc(C(F)(F)F)cc4Cl)c23)NC1=O. The smallest absolute Gasteiger partial charge is 0.382 e. The van der Waals surface area contributed by atoms with Gasteiger partial charge in [-0.25, -0.2) is 4.98 Å². The Morgan fingerprint density at radius 3 is 2.73 bits per heavy atom. The van der Waals surface area contributed by atoms with Crippen LogP contribution in [-0.4, -0.2) is 41.4 Å². The molecule has 1 aromatic carbocycles. The monoisotopic (exact) mass is 438 g/mol. The summed E-state index contributed by atoms with van der Waals surface area (Å²) >= 11 is 5.99. The third kappa shape index (κ3) is 3.37. The summed E-state index contributed by atoms with van der Waals surface area (Å²) in [6.07, 6.45) is -1.74. The van der Waals surface area contributed by atoms with E-state index in [2.05, 4.69) is 20.6 Å². The average molecular weight is 439 g/mol. The Labute approximate surface area is 172 Å². The molecule has 1 aliphatic rings. The summed E-state index contributed by atoms with van der Waals surface area (Å²) in [7, 11) is 1.45. The van der Waals surface area contributed by atoms with Crippen LogP contribution in [0.5, 0.6) is 0 Å². The van der Waals surface area contributed by atoms with Crippen LogP contribution >= 0.6 is 11.6 Å². The molecule has 2 aromatic heterocycles. The molecule has 0 radical (unpaired) electrons. The molecule has 11 heteroatoms. The highest BCUT2D eigenvalue weighted by atomic mass is 35.5. The molecule has 0 aliphatic carbocycles. The molecule has 0 fully saturated rings. The molecule has 0 saturated carbocycles. The van der Waals surface area contributed by atoms with E-state index in [1.54, 1.807) is 0 Å². The van der Waals surface area contributed by atoms with E-state index in [1.165, 1.54) is 19.5 Å². The number of alkyl halides is 3. The first-order valence-corrected chi connectivity index (χ1v) is 9.06. The van der Waals surface area contributed by atoms with E-state index in [9.17, 15) is 22.8 Å². The molecule has 1 amide bonds. The number of anilines is 2. The highest BCUT2D eigenvalue weighted by Gasteiger charge is 2.33. The number of nitrogens with zero attached hydrogens (tertiary/aromatic N) is 1. The number of hydrogen-bond acceptors (Lipinski definition) is 5. The molecule has 3 heterocycles. The topological polar surface area (TPSA) is 96.1 Å². The Morgan fingerprint density at radius 1 is 1.30 bits per heavy atom. The van der Waals surface area contributed by atoms with E-state index in [1.807, 2.05) is 0 Å². The van der Waals surface area contributed by atoms with Crippen molar-refractivity contribution in [1.82, 2.24) is 9.97 Å². The maximum Gasteiger partial charge on any atom is 0.416 e. The van der Waals surface area contributed by atoms with Crippen molar-refractivity contribution >= 4 is 45.7 Å². The zero-order valence-electron chi connectivity index (χ0n) is 15.4. The largest absolute Gasteiger partial charge is 0.416 e. The van der Waals surface area contributed by atoms with Crippen molar-refractivity contribution in [1.29, 1.82) is 0 Å². The van der Waals surface area contributed by atoms with Crippen LogP contribution in [0.4, 0.5) is 24.5 Å². The number of halogens is 4. The van der Waals surface area contributed by atoms with Crippen LogP contribution in [0.3, 0.4) is 0 Å². The van der Waals surface area contributed by atoms with Gasteiger partial charge in [0.2, 0.25) is 5.91 Å². The van der Waals surface area contributed by atoms with Crippen molar-refractivity contribution in [3.63, 3.8) is 0 Å². The number of fused-ring (bicyclic) bond motifs is 3. The van der Waals surface area contributed by atoms with Gasteiger partial charge in [-0.15, -0.1) is 0 Å². The van der Waals surface area contributed by atoms with Gasteiger partial charge in [-0.1, -0.05) is 11.6 Å². The quantitative estimate of drug-likeness (QED) is 0.538. The van der Waals surface area contributed by atoms with Gasteiger partial charge in [0, 0.05) is 18.9 Å². The van der Waals surface area contributed by atoms with Crippen molar-refractivity contribution in [2.75, 3.05) is 24.4 Å². The number of amides is 1. The Morgan fingerprint density at radius 2 is 2.07 bits per heavy atom. The second-order valence-electron chi connectivity index (χ2n) is 6.64. The zero-order valence-corrected chi connectivity index (χ0v) is 16.1. The molecule has 3 N–H and O–H groups in total. The fraction of sp³-hybridized carbons (Fsp3) is 0.211. The number of rotatable bonds is 4. The van der Waals surface area contributed by atoms with E-state index in [0.717, 1.165) is 12.1 Å². The van der Waals surface area contributed by atoms with Crippen LogP contribution in [-0.2, 0) is 15.7 Å². The minimum atomic E-state index is -4.58. The summed E-state index contributed by atoms with van der Waals surface area (Å²) in [5, 5.41) is 5.80. The van der Waals surface area contributed by atoms with Gasteiger partial charge in [-0.2, -0.15) is 13.2 Å². The molecule has 3 aromatic rings. The van der Waals surface area contributed by atoms with Gasteiger partial charge in [0.15, 0.2) is 5.78 Å². The van der Waals surface area contributed by atoms with E-state index in [4.69, 9.17) is 16.3 Å². The Hall–Kier alpha value is -3.11. The number of hydrogen-bond donors (Lipinski definition) is 3. The lowest BCUT2D eigenvalue weighted by Crippen LogP contribution is -2.42. The third-order valence-corrected chi connectivity index (χ3v) is 5.03. The minimum absolute atomic E-state index is 0.0866. The number of H-pyrrole nitrogens is 1. The molecule has 0 saturated heterocycles. The highest BCUT2D eigenvalue weighted by Crippen LogP contribution is 2.37. The normalized spacial score (nSPS) is 16.2. The molecule has 0 bridgehead atoms. The van der Waals surface area contributed by atoms with Gasteiger partial charge < -0.3 is 20.4 Å². The summed E-state index contributed by atoms with van der Waals surface area (Å²) in [4.78, 5) is 32.3. The summed E-state index contributed by atoms with van der Waals surface area (Å²) in [5.41, 5.74) is 0.294. The van der Waals surface area contributed by atoms with Gasteiger partial charge >= 0.3 is 6.18 Å². The van der Waals surface area contributed by atoms with Gasteiger partial charge in [0.1, 0.15) is 11.7 Å². The Balaban J connectivity index is 1.80. The number of methoxy groups -OCH3 is 1. The van der Waals surface area contributed by atoms with Crippen molar-refractivity contribution in [2.24, 2.45) is 0 Å². The standard InChI is InChI=1S/C19H14ClF3N4O3/c1-30-7-13-18(29)27-12-6-25-17-14(15(12)26-13)10(5-24-17)16(28)9-3-2-8(4-11(9)20)19(21,22)23/h2-6,13,26H,7H2,1H3,(H,24,25)(H,27,29). The van der Waals surface area contributed by atoms with Gasteiger partial charge in [-0.3, -0.25) is 9.59 Å². The number of ether oxygens (including phenoxy) is 1. The van der Waals surface area contributed by atoms with Crippen molar-refractivity contribution in [3.05, 3.63) is 52.3 Å². The predicted octanol–water partition coefficient (Wildman–Crippen LogP) is 3.85. The van der Waals surface area contributed by atoms with Gasteiger partial charge in [0.05, 0.1) is 45.7 Å². The summed E-state index contributed by atoms with van der Waals surface area (Å²) < 4.78 is 43.7. The molecule has 4 rings (SSSR count). The van der Waals surface area contributed by atoms with Crippen LogP contribution in [0.1, 0.15) is 21.5 Å². The molecule has 7 nitrogen and oxygen atoms in total. The average Bonchev–Trinajstić information content (AvgIpc) is 3.12. The minimum Gasteiger partial charge on any atom is -0.382 e. The number of carbonyl (C=O) groups excluding carboxylic acids is 2. The molecule has 1 aliphatic heterocycles. The number of nitrogens with one attached hydrogen (secondary N) is 3. The number of benzene rings is 1. The third-order valence-electron chi connectivity index (χ3n) is 4.71. The number of carbonyl (C=O) groups is 2. The first kappa shape index (κ1) is 20.2. The van der Waals surface area contributed by atoms with Crippen molar-refractivity contribution < 1.29 is 27.5 Å². The lowest BCUT2D eigenvalue weighted by molar-refractivity contribution is -0.137. The van der Waals surface area contributed by atoms with E-state index >= 15 is 0 Å². The second kappa shape index (κ2) is 7.29. The number of ketones is 1. The molecule has 1 unspecified atom stereocenters. The van der Waals surface area contributed by atoms with Gasteiger partial charge in [0.25, 0.3) is 0 Å². The summed E-state index contributed by atoms with van der Waals surface area (Å²) in [6, 6.07) is 1.86. The van der Waals surface area contributed by atoms with E-state index in [-0.39, 0.29) is 28.7 Å². The van der Waals surface area contributed by atoms with E-state index < -0.39 is 23.6 Å². The number of aromatic amines is 1. The molecule has 1 atom stereocenters. The van der Waals surface area contributed by atoms with Crippen LogP contribution in [0, 0.1) is 0 Å². The number of pyridine rings is 1. The molecule has 30 heavy (non-hydrogen) atoms. The predicted molar refractivity (Wildman–Crippen MR) is 104 cm³/mol. The molecule has 156 valence electrons. The molecule has 0 spiro atoms. The number of aromatic nitrogens is 2. The Bertz CT molecular complexity index is 1180. The first-order valence-electron chi connectivity index (χ1n) is 8.68. The first-order chi connectivity index (χ1) is 14.2. The second-order valence-corrected chi connectivity index (χ2v) is 7.04. The van der Waals surface area contributed by atoms with Crippen LogP contribution < -0.4 is 10.6 Å². The highest BCUT2D eigenvalue weighted by molar-refractivity contribution is 6.36. The summed E-state index contributed by atoms with van der Waals surface area (Å²) in [5.74, 6) is -0.906. The summed E-state index contributed by atoms with van der Waals surface area (Å²) in [6.45, 7) is 0.0908. The fourth-order valence-corrected chi connectivity index (χ4v) is 3.55. The van der Waals surface area contributed by atoms with Crippen molar-refractivity contribution in [3.8, 4) is 0 Å². The maximum absolute atomic E-state index is 13.1. The zero-order chi connectivity index (χ0) is 21.6. The van der Waals surface area contributed by atoms with Crippen LogP contribution in [0.25, 0.3) is 11.0 Å². The Kier molecular flexibility index (Phi) is 4.91. The van der Waals surface area contributed by atoms with Crippen LogP contribution in [0.2, 0.25) is 5.02 Å². The fourth-order valence-electron chi connectivity index (χ4n) is 3.28. The van der Waals surface area contributed by atoms with Crippen molar-refractivity contribution in [2.45, 2.75) is 12.2 Å². The lowest BCUT2D eigenvalue weighted by atomic mass is 10.00. The van der Waals surface area contributed by atoms with Gasteiger partial charge in [-0.05, 0) is 18.2 Å². The lowest BCUT2D eigenvalue weighted by Gasteiger charge is -2.26. The molecular formula is C19H14ClF3N4O3. The van der Waals surface area contributed by atoms with E-state index in [0.29, 0.717) is 28.5 Å².